The van der Waals surface area contributed by atoms with E-state index in [2.05, 4.69) is 9.88 Å². The van der Waals surface area contributed by atoms with Crippen LogP contribution < -0.4 is 4.90 Å². The minimum atomic E-state index is 0.293. The fraction of sp³-hybridized carbons (Fsp3) is 0.550. The zero-order valence-electron chi connectivity index (χ0n) is 15.2. The molecule has 0 N–H and O–H groups in total. The lowest BCUT2D eigenvalue weighted by Gasteiger charge is -2.36. The fourth-order valence-corrected chi connectivity index (χ4v) is 4.08. The molecule has 138 valence electrons. The van der Waals surface area contributed by atoms with Crippen LogP contribution in [0, 0.1) is 11.8 Å². The highest BCUT2D eigenvalue weighted by atomic mass is 35.5. The van der Waals surface area contributed by atoms with Gasteiger partial charge in [0.1, 0.15) is 5.82 Å². The number of fused-ring (bicyclic) bond motifs is 1. The van der Waals surface area contributed by atoms with Crippen molar-refractivity contribution in [2.45, 2.75) is 32.1 Å². The van der Waals surface area contributed by atoms with Gasteiger partial charge < -0.3 is 9.80 Å². The van der Waals surface area contributed by atoms with Gasteiger partial charge in [-0.25, -0.2) is 4.98 Å². The third-order valence-electron chi connectivity index (χ3n) is 5.79. The number of hydrogen-bond acceptors (Lipinski definition) is 4. The molecule has 2 heterocycles. The molecule has 2 aromatic rings. The van der Waals surface area contributed by atoms with Crippen LogP contribution in [-0.2, 0) is 4.79 Å². The maximum absolute atomic E-state index is 12.3. The van der Waals surface area contributed by atoms with Gasteiger partial charge in [-0.3, -0.25) is 9.78 Å². The van der Waals surface area contributed by atoms with E-state index in [0.717, 1.165) is 62.2 Å². The Morgan fingerprint density at radius 1 is 1.23 bits per heavy atom. The largest absolute Gasteiger partial charge is 0.355 e. The first-order valence-electron chi connectivity index (χ1n) is 9.52. The van der Waals surface area contributed by atoms with E-state index < -0.39 is 0 Å². The van der Waals surface area contributed by atoms with E-state index >= 15 is 0 Å². The number of amides is 1. The molecule has 1 aromatic heterocycles. The lowest BCUT2D eigenvalue weighted by Crippen LogP contribution is -2.42. The van der Waals surface area contributed by atoms with E-state index in [1.165, 1.54) is 6.42 Å². The van der Waals surface area contributed by atoms with E-state index in [1.54, 1.807) is 0 Å². The third kappa shape index (κ3) is 3.63. The normalized spacial score (nSPS) is 18.8. The van der Waals surface area contributed by atoms with Crippen LogP contribution in [0.3, 0.4) is 0 Å². The van der Waals surface area contributed by atoms with Crippen molar-refractivity contribution < 1.29 is 4.79 Å². The monoisotopic (exact) mass is 372 g/mol. The Morgan fingerprint density at radius 3 is 2.69 bits per heavy atom. The summed E-state index contributed by atoms with van der Waals surface area (Å²) in [7, 11) is 1.97. The van der Waals surface area contributed by atoms with Crippen LogP contribution >= 0.6 is 11.6 Å². The number of carbonyl (C=O) groups is 1. The number of halogens is 1. The van der Waals surface area contributed by atoms with E-state index in [-0.39, 0.29) is 0 Å². The summed E-state index contributed by atoms with van der Waals surface area (Å²) in [5.74, 6) is 2.14. The molecule has 1 saturated carbocycles. The molecule has 0 atom stereocenters. The van der Waals surface area contributed by atoms with Gasteiger partial charge in [0.25, 0.3) is 0 Å². The molecule has 0 spiro atoms. The van der Waals surface area contributed by atoms with Crippen molar-refractivity contribution in [3.05, 3.63) is 29.4 Å². The Labute approximate surface area is 159 Å². The second-order valence-electron chi connectivity index (χ2n) is 7.64. The summed E-state index contributed by atoms with van der Waals surface area (Å²) in [6.07, 6.45) is 7.37. The molecule has 1 saturated heterocycles. The van der Waals surface area contributed by atoms with Crippen LogP contribution in [0.15, 0.2) is 24.4 Å². The summed E-state index contributed by atoms with van der Waals surface area (Å²) in [4.78, 5) is 25.8. The molecule has 1 amide bonds. The van der Waals surface area contributed by atoms with Crippen molar-refractivity contribution in [2.75, 3.05) is 31.6 Å². The molecule has 0 bridgehead atoms. The first kappa shape index (κ1) is 17.5. The van der Waals surface area contributed by atoms with Gasteiger partial charge in [0.05, 0.1) is 17.2 Å². The minimum absolute atomic E-state index is 0.293. The average Bonchev–Trinajstić information content (AvgIpc) is 2.60. The zero-order valence-corrected chi connectivity index (χ0v) is 16.0. The molecule has 0 unspecified atom stereocenters. The number of nitrogens with zero attached hydrogens (tertiary/aromatic N) is 4. The SMILES string of the molecule is CN(CC1CCN(c2cnc3cc(Cl)ccc3n2)CC1)C(=O)C1CCC1. The summed E-state index contributed by atoms with van der Waals surface area (Å²) in [6, 6.07) is 5.61. The number of benzene rings is 1. The van der Waals surface area contributed by atoms with Crippen LogP contribution in [0.25, 0.3) is 11.0 Å². The Balaban J connectivity index is 1.34. The summed E-state index contributed by atoms with van der Waals surface area (Å²) in [5.41, 5.74) is 1.70. The van der Waals surface area contributed by atoms with Crippen LogP contribution in [-0.4, -0.2) is 47.5 Å². The Kier molecular flexibility index (Phi) is 4.98. The van der Waals surface area contributed by atoms with Gasteiger partial charge in [0, 0.05) is 37.6 Å². The number of rotatable bonds is 4. The standard InChI is InChI=1S/C20H25ClN4O/c1-24(20(26)15-3-2-4-15)13-14-7-9-25(10-8-14)19-12-22-18-11-16(21)5-6-17(18)23-19/h5-6,11-12,14-15H,2-4,7-10,13H2,1H3. The maximum atomic E-state index is 12.3. The molecule has 2 fully saturated rings. The van der Waals surface area contributed by atoms with Crippen molar-refractivity contribution in [1.29, 1.82) is 0 Å². The second kappa shape index (κ2) is 7.39. The van der Waals surface area contributed by atoms with Crippen LogP contribution in [0.2, 0.25) is 5.02 Å². The van der Waals surface area contributed by atoms with Gasteiger partial charge in [0.2, 0.25) is 5.91 Å². The predicted molar refractivity (Wildman–Crippen MR) is 104 cm³/mol. The van der Waals surface area contributed by atoms with E-state index in [4.69, 9.17) is 16.6 Å². The first-order valence-corrected chi connectivity index (χ1v) is 9.90. The quantitative estimate of drug-likeness (QED) is 0.819. The highest BCUT2D eigenvalue weighted by molar-refractivity contribution is 6.31. The minimum Gasteiger partial charge on any atom is -0.355 e. The van der Waals surface area contributed by atoms with Crippen molar-refractivity contribution in [2.24, 2.45) is 11.8 Å². The Morgan fingerprint density at radius 2 is 2.00 bits per heavy atom. The summed E-state index contributed by atoms with van der Waals surface area (Å²) in [6.45, 7) is 2.80. The van der Waals surface area contributed by atoms with Crippen LogP contribution in [0.1, 0.15) is 32.1 Å². The molecule has 26 heavy (non-hydrogen) atoms. The van der Waals surface area contributed by atoms with Gasteiger partial charge in [-0.1, -0.05) is 18.0 Å². The lowest BCUT2D eigenvalue weighted by atomic mass is 9.84. The van der Waals surface area contributed by atoms with Gasteiger partial charge in [-0.15, -0.1) is 0 Å². The molecule has 6 heteroatoms. The molecule has 0 radical (unpaired) electrons. The van der Waals surface area contributed by atoms with Crippen molar-refractivity contribution in [3.63, 3.8) is 0 Å². The molecular weight excluding hydrogens is 348 g/mol. The smallest absolute Gasteiger partial charge is 0.225 e. The topological polar surface area (TPSA) is 49.3 Å². The molecule has 4 rings (SSSR count). The summed E-state index contributed by atoms with van der Waals surface area (Å²) in [5, 5.41) is 0.681. The van der Waals surface area contributed by atoms with E-state index in [0.29, 0.717) is 22.8 Å². The summed E-state index contributed by atoms with van der Waals surface area (Å²) < 4.78 is 0. The predicted octanol–water partition coefficient (Wildman–Crippen LogP) is 3.76. The number of carbonyl (C=O) groups excluding carboxylic acids is 1. The zero-order chi connectivity index (χ0) is 18.1. The van der Waals surface area contributed by atoms with Gasteiger partial charge in [0.15, 0.2) is 0 Å². The van der Waals surface area contributed by atoms with E-state index in [1.807, 2.05) is 36.3 Å². The average molecular weight is 373 g/mol. The van der Waals surface area contributed by atoms with E-state index in [9.17, 15) is 4.79 Å². The highest BCUT2D eigenvalue weighted by Gasteiger charge is 2.29. The van der Waals surface area contributed by atoms with Crippen molar-refractivity contribution in [1.82, 2.24) is 14.9 Å². The second-order valence-corrected chi connectivity index (χ2v) is 8.07. The molecule has 1 aromatic carbocycles. The third-order valence-corrected chi connectivity index (χ3v) is 6.03. The number of anilines is 1. The Hall–Kier alpha value is -1.88. The number of aromatic nitrogens is 2. The number of piperidine rings is 1. The molecule has 1 aliphatic carbocycles. The van der Waals surface area contributed by atoms with Crippen LogP contribution in [0.5, 0.6) is 0 Å². The molecule has 5 nitrogen and oxygen atoms in total. The van der Waals surface area contributed by atoms with Crippen LogP contribution in [0.4, 0.5) is 5.82 Å². The molecular formula is C20H25ClN4O. The highest BCUT2D eigenvalue weighted by Crippen LogP contribution is 2.29. The van der Waals surface area contributed by atoms with Gasteiger partial charge >= 0.3 is 0 Å². The fourth-order valence-electron chi connectivity index (χ4n) is 3.92. The van der Waals surface area contributed by atoms with Crippen molar-refractivity contribution in [3.8, 4) is 0 Å². The van der Waals surface area contributed by atoms with Gasteiger partial charge in [-0.2, -0.15) is 0 Å². The van der Waals surface area contributed by atoms with Gasteiger partial charge in [-0.05, 0) is 49.8 Å². The summed E-state index contributed by atoms with van der Waals surface area (Å²) >= 11 is 6.01. The lowest BCUT2D eigenvalue weighted by molar-refractivity contribution is -0.137. The maximum Gasteiger partial charge on any atom is 0.225 e. The van der Waals surface area contributed by atoms with Crippen molar-refractivity contribution >= 4 is 34.4 Å². The molecule has 1 aliphatic heterocycles. The number of hydrogen-bond donors (Lipinski definition) is 0. The first-order chi connectivity index (χ1) is 12.6. The molecule has 2 aliphatic rings. The Bertz CT molecular complexity index is 799.